The lowest BCUT2D eigenvalue weighted by atomic mass is 9.96. The second-order valence-electron chi connectivity index (χ2n) is 7.11. The Balaban J connectivity index is 1.56. The minimum absolute atomic E-state index is 0.306. The molecule has 0 atom stereocenters. The maximum absolute atomic E-state index is 12.0. The highest BCUT2D eigenvalue weighted by atomic mass is 16.5. The van der Waals surface area contributed by atoms with Gasteiger partial charge in [-0.2, -0.15) is 0 Å². The molecule has 0 aromatic carbocycles. The molecule has 1 saturated carbocycles. The molecule has 0 spiro atoms. The highest BCUT2D eigenvalue weighted by Gasteiger charge is 2.30. The van der Waals surface area contributed by atoms with E-state index in [1.54, 1.807) is 0 Å². The molecule has 0 saturated heterocycles. The Morgan fingerprint density at radius 2 is 2.00 bits per heavy atom. The van der Waals surface area contributed by atoms with Gasteiger partial charge in [0, 0.05) is 17.2 Å². The number of ether oxygens (including phenoxy) is 1. The van der Waals surface area contributed by atoms with Crippen LogP contribution in [0, 0.1) is 6.92 Å². The maximum Gasteiger partial charge on any atom is 0.339 e. The lowest BCUT2D eigenvalue weighted by Gasteiger charge is -2.19. The molecule has 0 amide bonds. The van der Waals surface area contributed by atoms with Gasteiger partial charge in [-0.1, -0.05) is 0 Å². The van der Waals surface area contributed by atoms with Crippen LogP contribution in [-0.2, 0) is 24.1 Å². The van der Waals surface area contributed by atoms with Gasteiger partial charge in [-0.3, -0.25) is 4.98 Å². The SMILES string of the molecule is COC(=O)c1ccc(CNc2nc(C)nc3c2CCCC3)nc1C1CC1. The van der Waals surface area contributed by atoms with E-state index >= 15 is 0 Å². The van der Waals surface area contributed by atoms with E-state index in [0.717, 1.165) is 48.7 Å². The molecule has 0 bridgehead atoms. The van der Waals surface area contributed by atoms with Gasteiger partial charge >= 0.3 is 5.97 Å². The van der Waals surface area contributed by atoms with Gasteiger partial charge in [0.2, 0.25) is 0 Å². The number of hydrogen-bond acceptors (Lipinski definition) is 6. The van der Waals surface area contributed by atoms with Gasteiger partial charge in [-0.25, -0.2) is 14.8 Å². The van der Waals surface area contributed by atoms with Crippen molar-refractivity contribution in [3.05, 3.63) is 46.2 Å². The highest BCUT2D eigenvalue weighted by molar-refractivity contribution is 5.90. The van der Waals surface area contributed by atoms with Crippen molar-refractivity contribution in [2.45, 2.75) is 57.9 Å². The Bertz CT molecular complexity index is 846. The van der Waals surface area contributed by atoms with Crippen LogP contribution in [0.1, 0.15) is 70.4 Å². The number of aryl methyl sites for hydroxylation is 2. The number of pyridine rings is 1. The zero-order chi connectivity index (χ0) is 18.1. The molecule has 2 aliphatic rings. The van der Waals surface area contributed by atoms with E-state index in [1.165, 1.54) is 31.2 Å². The van der Waals surface area contributed by atoms with Crippen LogP contribution < -0.4 is 5.32 Å². The molecule has 0 radical (unpaired) electrons. The molecular weight excluding hydrogens is 328 g/mol. The highest BCUT2D eigenvalue weighted by Crippen LogP contribution is 2.40. The van der Waals surface area contributed by atoms with Gasteiger partial charge in [0.15, 0.2) is 0 Å². The van der Waals surface area contributed by atoms with Gasteiger partial charge < -0.3 is 10.1 Å². The first-order valence-electron chi connectivity index (χ1n) is 9.34. The number of anilines is 1. The van der Waals surface area contributed by atoms with Crippen molar-refractivity contribution in [2.75, 3.05) is 12.4 Å². The summed E-state index contributed by atoms with van der Waals surface area (Å²) < 4.78 is 4.89. The second-order valence-corrected chi connectivity index (χ2v) is 7.11. The van der Waals surface area contributed by atoms with Gasteiger partial charge in [-0.15, -0.1) is 0 Å². The molecular formula is C20H24N4O2. The fraction of sp³-hybridized carbons (Fsp3) is 0.500. The zero-order valence-corrected chi connectivity index (χ0v) is 15.3. The van der Waals surface area contributed by atoms with Crippen molar-refractivity contribution >= 4 is 11.8 Å². The van der Waals surface area contributed by atoms with E-state index < -0.39 is 0 Å². The Kier molecular flexibility index (Phi) is 4.57. The molecule has 1 fully saturated rings. The largest absolute Gasteiger partial charge is 0.465 e. The predicted octanol–water partition coefficient (Wildman–Crippen LogP) is 3.33. The van der Waals surface area contributed by atoms with Crippen LogP contribution >= 0.6 is 0 Å². The summed E-state index contributed by atoms with van der Waals surface area (Å²) in [5.74, 6) is 1.82. The van der Waals surface area contributed by atoms with E-state index in [4.69, 9.17) is 9.72 Å². The van der Waals surface area contributed by atoms with Gasteiger partial charge in [0.05, 0.1) is 30.6 Å². The summed E-state index contributed by atoms with van der Waals surface area (Å²) in [7, 11) is 1.41. The van der Waals surface area contributed by atoms with E-state index in [1.807, 2.05) is 19.1 Å². The standard InChI is InChI=1S/C20H24N4O2/c1-12-22-17-6-4-3-5-15(17)19(23-12)21-11-14-9-10-16(20(25)26-2)18(24-14)13-7-8-13/h9-10,13H,3-8,11H2,1-2H3,(H,21,22,23). The third-order valence-corrected chi connectivity index (χ3v) is 5.08. The summed E-state index contributed by atoms with van der Waals surface area (Å²) in [6, 6.07) is 3.73. The number of esters is 1. The number of hydrogen-bond donors (Lipinski definition) is 1. The molecule has 26 heavy (non-hydrogen) atoms. The topological polar surface area (TPSA) is 77.0 Å². The fourth-order valence-electron chi connectivity index (χ4n) is 3.60. The van der Waals surface area contributed by atoms with Gasteiger partial charge in [-0.05, 0) is 57.6 Å². The molecule has 136 valence electrons. The van der Waals surface area contributed by atoms with Crippen LogP contribution in [0.25, 0.3) is 0 Å². The average Bonchev–Trinajstić information content (AvgIpc) is 3.50. The number of carbonyl (C=O) groups excluding carboxylic acids is 1. The molecule has 2 heterocycles. The monoisotopic (exact) mass is 352 g/mol. The van der Waals surface area contributed by atoms with Crippen molar-refractivity contribution in [1.29, 1.82) is 0 Å². The molecule has 1 N–H and O–H groups in total. The Morgan fingerprint density at radius 3 is 2.77 bits per heavy atom. The Hall–Kier alpha value is -2.50. The molecule has 0 unspecified atom stereocenters. The maximum atomic E-state index is 12.0. The smallest absolute Gasteiger partial charge is 0.339 e. The minimum atomic E-state index is -0.306. The molecule has 6 nitrogen and oxygen atoms in total. The lowest BCUT2D eigenvalue weighted by molar-refractivity contribution is 0.0598. The number of rotatable bonds is 5. The van der Waals surface area contributed by atoms with Crippen LogP contribution in [0.3, 0.4) is 0 Å². The van der Waals surface area contributed by atoms with Crippen LogP contribution in [-0.4, -0.2) is 28.0 Å². The molecule has 4 rings (SSSR count). The number of aromatic nitrogens is 3. The van der Waals surface area contributed by atoms with Gasteiger partial charge in [0.1, 0.15) is 11.6 Å². The van der Waals surface area contributed by atoms with Crippen molar-refractivity contribution in [3.63, 3.8) is 0 Å². The second kappa shape index (κ2) is 7.02. The van der Waals surface area contributed by atoms with Crippen molar-refractivity contribution in [2.24, 2.45) is 0 Å². The predicted molar refractivity (Wildman–Crippen MR) is 98.3 cm³/mol. The summed E-state index contributed by atoms with van der Waals surface area (Å²) in [6.07, 6.45) is 6.63. The third-order valence-electron chi connectivity index (χ3n) is 5.08. The van der Waals surface area contributed by atoms with E-state index in [-0.39, 0.29) is 5.97 Å². The van der Waals surface area contributed by atoms with Crippen molar-refractivity contribution in [1.82, 2.24) is 15.0 Å². The zero-order valence-electron chi connectivity index (χ0n) is 15.3. The first-order chi connectivity index (χ1) is 12.7. The summed E-state index contributed by atoms with van der Waals surface area (Å²) >= 11 is 0. The molecule has 6 heteroatoms. The number of fused-ring (bicyclic) bond motifs is 1. The molecule has 2 aromatic rings. The number of nitrogens with zero attached hydrogens (tertiary/aromatic N) is 3. The minimum Gasteiger partial charge on any atom is -0.465 e. The molecule has 2 aliphatic carbocycles. The van der Waals surface area contributed by atoms with Crippen LogP contribution in [0.4, 0.5) is 5.82 Å². The first kappa shape index (κ1) is 16.9. The molecule has 2 aromatic heterocycles. The number of methoxy groups -OCH3 is 1. The quantitative estimate of drug-likeness (QED) is 0.832. The van der Waals surface area contributed by atoms with Crippen LogP contribution in [0.2, 0.25) is 0 Å². The third kappa shape index (κ3) is 3.41. The summed E-state index contributed by atoms with van der Waals surface area (Å²) in [6.45, 7) is 2.53. The van der Waals surface area contributed by atoms with Crippen LogP contribution in [0.5, 0.6) is 0 Å². The fourth-order valence-corrected chi connectivity index (χ4v) is 3.60. The van der Waals surface area contributed by atoms with Crippen molar-refractivity contribution in [3.8, 4) is 0 Å². The number of carbonyl (C=O) groups is 1. The summed E-state index contributed by atoms with van der Waals surface area (Å²) in [5, 5.41) is 3.45. The Labute approximate surface area is 153 Å². The first-order valence-corrected chi connectivity index (χ1v) is 9.34. The van der Waals surface area contributed by atoms with Crippen molar-refractivity contribution < 1.29 is 9.53 Å². The average molecular weight is 352 g/mol. The van der Waals surface area contributed by atoms with E-state index in [0.29, 0.717) is 18.0 Å². The lowest BCUT2D eigenvalue weighted by Crippen LogP contribution is -2.15. The summed E-state index contributed by atoms with van der Waals surface area (Å²) in [4.78, 5) is 25.9. The van der Waals surface area contributed by atoms with E-state index in [9.17, 15) is 4.79 Å². The number of nitrogens with one attached hydrogen (secondary N) is 1. The van der Waals surface area contributed by atoms with Crippen LogP contribution in [0.15, 0.2) is 12.1 Å². The summed E-state index contributed by atoms with van der Waals surface area (Å²) in [5.41, 5.74) is 4.81. The van der Waals surface area contributed by atoms with Gasteiger partial charge in [0.25, 0.3) is 0 Å². The van der Waals surface area contributed by atoms with E-state index in [2.05, 4.69) is 15.3 Å². The Morgan fingerprint density at radius 1 is 1.19 bits per heavy atom. The molecule has 0 aliphatic heterocycles. The normalized spacial score (nSPS) is 16.1.